The average Bonchev–Trinajstić information content (AvgIpc) is 2.54. The Morgan fingerprint density at radius 2 is 1.96 bits per heavy atom. The summed E-state index contributed by atoms with van der Waals surface area (Å²) in [5.74, 6) is -1.95. The van der Waals surface area contributed by atoms with E-state index in [-0.39, 0.29) is 27.7 Å². The van der Waals surface area contributed by atoms with Crippen molar-refractivity contribution < 1.29 is 24.4 Å². The van der Waals surface area contributed by atoms with E-state index in [4.69, 9.17) is 16.3 Å². The molecule has 0 aliphatic heterocycles. The number of amides is 1. The molecule has 124 valence electrons. The summed E-state index contributed by atoms with van der Waals surface area (Å²) < 4.78 is 4.76. The number of para-hydroxylation sites is 1. The van der Waals surface area contributed by atoms with Gasteiger partial charge in [0.25, 0.3) is 11.6 Å². The number of rotatable bonds is 5. The second-order valence-corrected chi connectivity index (χ2v) is 5.00. The fraction of sp³-hybridized carbons (Fsp3) is 0.0667. The van der Waals surface area contributed by atoms with Gasteiger partial charge >= 0.3 is 5.97 Å². The zero-order chi connectivity index (χ0) is 17.7. The zero-order valence-electron chi connectivity index (χ0n) is 12.1. The highest BCUT2D eigenvalue weighted by Gasteiger charge is 2.18. The van der Waals surface area contributed by atoms with E-state index in [1.807, 2.05) is 0 Å². The first-order chi connectivity index (χ1) is 11.4. The van der Waals surface area contributed by atoms with Crippen molar-refractivity contribution >= 4 is 34.9 Å². The molecule has 0 saturated heterocycles. The normalized spacial score (nSPS) is 10.0. The lowest BCUT2D eigenvalue weighted by Crippen LogP contribution is -2.21. The van der Waals surface area contributed by atoms with E-state index >= 15 is 0 Å². The van der Waals surface area contributed by atoms with Crippen molar-refractivity contribution in [3.63, 3.8) is 0 Å². The van der Waals surface area contributed by atoms with Gasteiger partial charge in [0.05, 0.1) is 4.92 Å². The first kappa shape index (κ1) is 17.2. The van der Waals surface area contributed by atoms with E-state index in [1.54, 1.807) is 0 Å². The third kappa shape index (κ3) is 4.20. The molecule has 0 bridgehead atoms. The molecule has 0 aliphatic rings. The number of phenolic OH excluding ortho intramolecular Hbond substituents is 1. The van der Waals surface area contributed by atoms with Gasteiger partial charge in [0.2, 0.25) is 0 Å². The first-order valence-electron chi connectivity index (χ1n) is 6.57. The fourth-order valence-electron chi connectivity index (χ4n) is 1.80. The maximum Gasteiger partial charge on any atom is 0.342 e. The van der Waals surface area contributed by atoms with E-state index in [0.29, 0.717) is 0 Å². The third-order valence-corrected chi connectivity index (χ3v) is 3.12. The summed E-state index contributed by atoms with van der Waals surface area (Å²) >= 11 is 5.67. The smallest absolute Gasteiger partial charge is 0.342 e. The molecule has 0 aliphatic carbocycles. The molecule has 0 saturated carbocycles. The molecule has 0 spiro atoms. The van der Waals surface area contributed by atoms with Crippen molar-refractivity contribution in [3.8, 4) is 5.75 Å². The lowest BCUT2D eigenvalue weighted by Gasteiger charge is -2.08. The lowest BCUT2D eigenvalue weighted by molar-refractivity contribution is -0.383. The van der Waals surface area contributed by atoms with Gasteiger partial charge in [-0.2, -0.15) is 0 Å². The van der Waals surface area contributed by atoms with Gasteiger partial charge in [-0.05, 0) is 24.3 Å². The van der Waals surface area contributed by atoms with Crippen molar-refractivity contribution in [2.24, 2.45) is 0 Å². The highest BCUT2D eigenvalue weighted by Crippen LogP contribution is 2.27. The number of anilines is 1. The summed E-state index contributed by atoms with van der Waals surface area (Å²) in [4.78, 5) is 33.8. The maximum absolute atomic E-state index is 11.8. The number of nitro groups is 1. The van der Waals surface area contributed by atoms with E-state index < -0.39 is 23.4 Å². The predicted molar refractivity (Wildman–Crippen MR) is 85.1 cm³/mol. The molecule has 24 heavy (non-hydrogen) atoms. The number of benzene rings is 2. The van der Waals surface area contributed by atoms with Gasteiger partial charge in [-0.3, -0.25) is 14.9 Å². The van der Waals surface area contributed by atoms with Crippen LogP contribution >= 0.6 is 11.6 Å². The average molecular weight is 351 g/mol. The van der Waals surface area contributed by atoms with Crippen LogP contribution < -0.4 is 5.32 Å². The van der Waals surface area contributed by atoms with Crippen LogP contribution in [0.4, 0.5) is 11.4 Å². The Kier molecular flexibility index (Phi) is 5.33. The Morgan fingerprint density at radius 3 is 2.62 bits per heavy atom. The number of phenols is 1. The van der Waals surface area contributed by atoms with Gasteiger partial charge in [0.15, 0.2) is 6.61 Å². The van der Waals surface area contributed by atoms with Gasteiger partial charge in [-0.25, -0.2) is 4.79 Å². The largest absolute Gasteiger partial charge is 0.507 e. The summed E-state index contributed by atoms with van der Waals surface area (Å²) in [5.41, 5.74) is -0.557. The molecule has 1 amide bonds. The molecule has 9 heteroatoms. The van der Waals surface area contributed by atoms with Crippen molar-refractivity contribution in [1.82, 2.24) is 0 Å². The summed E-state index contributed by atoms with van der Waals surface area (Å²) in [6.07, 6.45) is 0. The van der Waals surface area contributed by atoms with Crippen LogP contribution in [0.5, 0.6) is 5.75 Å². The molecular weight excluding hydrogens is 340 g/mol. The fourth-order valence-corrected chi connectivity index (χ4v) is 1.97. The van der Waals surface area contributed by atoms with Crippen molar-refractivity contribution in [2.75, 3.05) is 11.9 Å². The Morgan fingerprint density at radius 1 is 1.25 bits per heavy atom. The second-order valence-electron chi connectivity index (χ2n) is 4.56. The summed E-state index contributed by atoms with van der Waals surface area (Å²) in [6.45, 7) is -0.674. The number of nitrogens with zero attached hydrogens (tertiary/aromatic N) is 1. The monoisotopic (exact) mass is 350 g/mol. The molecule has 8 nitrogen and oxygen atoms in total. The highest BCUT2D eigenvalue weighted by molar-refractivity contribution is 6.31. The maximum atomic E-state index is 11.8. The lowest BCUT2D eigenvalue weighted by atomic mass is 10.2. The third-order valence-electron chi connectivity index (χ3n) is 2.89. The summed E-state index contributed by atoms with van der Waals surface area (Å²) in [6, 6.07) is 9.41. The number of halogens is 1. The Labute approximate surface area is 140 Å². The summed E-state index contributed by atoms with van der Waals surface area (Å²) in [5, 5.41) is 22.8. The molecule has 0 aromatic heterocycles. The van der Waals surface area contributed by atoms with E-state index in [2.05, 4.69) is 5.32 Å². The number of carbonyl (C=O) groups is 2. The number of esters is 1. The topological polar surface area (TPSA) is 119 Å². The van der Waals surface area contributed by atoms with E-state index in [0.717, 1.165) is 6.07 Å². The molecule has 2 N–H and O–H groups in total. The van der Waals surface area contributed by atoms with E-state index in [9.17, 15) is 24.8 Å². The Hall–Kier alpha value is -3.13. The zero-order valence-corrected chi connectivity index (χ0v) is 12.8. The van der Waals surface area contributed by atoms with Gasteiger partial charge < -0.3 is 15.2 Å². The molecular formula is C15H11ClN2O6. The van der Waals surface area contributed by atoms with Gasteiger partial charge in [0, 0.05) is 11.1 Å². The van der Waals surface area contributed by atoms with Crippen LogP contribution in [0, 0.1) is 10.1 Å². The van der Waals surface area contributed by atoms with Gasteiger partial charge in [0.1, 0.15) is 17.0 Å². The molecule has 2 aromatic rings. The molecule has 0 radical (unpaired) electrons. The van der Waals surface area contributed by atoms with Crippen molar-refractivity contribution in [3.05, 3.63) is 63.2 Å². The van der Waals surface area contributed by atoms with Crippen LogP contribution in [0.15, 0.2) is 42.5 Å². The minimum absolute atomic E-state index is 0.0759. The van der Waals surface area contributed by atoms with Crippen LogP contribution in [0.2, 0.25) is 5.02 Å². The number of ether oxygens (including phenoxy) is 1. The number of hydrogen-bond donors (Lipinski definition) is 2. The molecule has 2 aromatic carbocycles. The molecule has 0 fully saturated rings. The number of nitro benzene ring substituents is 1. The minimum atomic E-state index is -0.895. The first-order valence-corrected chi connectivity index (χ1v) is 6.95. The number of carbonyl (C=O) groups excluding carboxylic acids is 2. The molecule has 0 unspecified atom stereocenters. The SMILES string of the molecule is O=C(COC(=O)c1ccccc1O)Nc1ccc(Cl)cc1[N+](=O)[O-]. The Bertz CT molecular complexity index is 808. The summed E-state index contributed by atoms with van der Waals surface area (Å²) in [7, 11) is 0. The van der Waals surface area contributed by atoms with Gasteiger partial charge in [-0.1, -0.05) is 23.7 Å². The standard InChI is InChI=1S/C15H11ClN2O6/c16-9-5-6-11(12(7-9)18(22)23)17-14(20)8-24-15(21)10-3-1-2-4-13(10)19/h1-7,19H,8H2,(H,17,20). The van der Waals surface area contributed by atoms with Crippen molar-refractivity contribution in [1.29, 1.82) is 0 Å². The second kappa shape index (κ2) is 7.42. The van der Waals surface area contributed by atoms with E-state index in [1.165, 1.54) is 36.4 Å². The number of aromatic hydroxyl groups is 1. The highest BCUT2D eigenvalue weighted by atomic mass is 35.5. The molecule has 2 rings (SSSR count). The Balaban J connectivity index is 2.01. The van der Waals surface area contributed by atoms with Crippen molar-refractivity contribution in [2.45, 2.75) is 0 Å². The number of nitrogens with one attached hydrogen (secondary N) is 1. The minimum Gasteiger partial charge on any atom is -0.507 e. The van der Waals surface area contributed by atoms with Crippen LogP contribution in [-0.2, 0) is 9.53 Å². The predicted octanol–water partition coefficient (Wildman–Crippen LogP) is 2.75. The van der Waals surface area contributed by atoms with Crippen LogP contribution in [-0.4, -0.2) is 28.5 Å². The molecule has 0 atom stereocenters. The quantitative estimate of drug-likeness (QED) is 0.486. The van der Waals surface area contributed by atoms with Crippen LogP contribution in [0.1, 0.15) is 10.4 Å². The molecule has 0 heterocycles. The van der Waals surface area contributed by atoms with Crippen LogP contribution in [0.25, 0.3) is 0 Å². The van der Waals surface area contributed by atoms with Gasteiger partial charge in [-0.15, -0.1) is 0 Å². The van der Waals surface area contributed by atoms with Crippen LogP contribution in [0.3, 0.4) is 0 Å². The number of hydrogen-bond acceptors (Lipinski definition) is 6.